The Hall–Kier alpha value is -1.77. The van der Waals surface area contributed by atoms with Gasteiger partial charge >= 0.3 is 6.03 Å². The van der Waals surface area contributed by atoms with E-state index >= 15 is 0 Å². The topological polar surface area (TPSA) is 32.3 Å². The Morgan fingerprint density at radius 1 is 1.33 bits per heavy atom. The van der Waals surface area contributed by atoms with E-state index in [1.165, 1.54) is 0 Å². The van der Waals surface area contributed by atoms with E-state index in [1.807, 2.05) is 45.9 Å². The number of urea groups is 1. The van der Waals surface area contributed by atoms with Crippen LogP contribution in [0.15, 0.2) is 30.4 Å². The molecule has 0 radical (unpaired) electrons. The van der Waals surface area contributed by atoms with Gasteiger partial charge in [0.2, 0.25) is 0 Å². The zero-order valence-electron chi connectivity index (χ0n) is 11.7. The van der Waals surface area contributed by atoms with Crippen LogP contribution in [0.25, 0.3) is 0 Å². The highest BCUT2D eigenvalue weighted by molar-refractivity contribution is 5.91. The number of nitrogens with one attached hydrogen (secondary N) is 1. The monoisotopic (exact) mass is 246 g/mol. The van der Waals surface area contributed by atoms with Gasteiger partial charge in [-0.2, -0.15) is 0 Å². The maximum atomic E-state index is 12.2. The SMILES string of the molecule is C=C(C)CN(CC)C(=O)Nc1c(C)cccc1C. The first-order valence-corrected chi connectivity index (χ1v) is 6.22. The van der Waals surface area contributed by atoms with Crippen LogP contribution >= 0.6 is 0 Å². The molecule has 0 spiro atoms. The largest absolute Gasteiger partial charge is 0.322 e. The van der Waals surface area contributed by atoms with Gasteiger partial charge in [0, 0.05) is 18.8 Å². The van der Waals surface area contributed by atoms with Crippen molar-refractivity contribution in [1.82, 2.24) is 4.90 Å². The molecular weight excluding hydrogens is 224 g/mol. The third-order valence-corrected chi connectivity index (χ3v) is 2.84. The molecule has 98 valence electrons. The molecule has 1 aromatic rings. The van der Waals surface area contributed by atoms with Crippen LogP contribution in [0.2, 0.25) is 0 Å². The molecule has 0 unspecified atom stereocenters. The number of hydrogen-bond acceptors (Lipinski definition) is 1. The molecule has 2 amide bonds. The Morgan fingerprint density at radius 3 is 2.33 bits per heavy atom. The molecule has 0 saturated heterocycles. The van der Waals surface area contributed by atoms with Crippen molar-refractivity contribution in [1.29, 1.82) is 0 Å². The first kappa shape index (κ1) is 14.3. The summed E-state index contributed by atoms with van der Waals surface area (Å²) in [5.74, 6) is 0. The number of carbonyl (C=O) groups excluding carboxylic acids is 1. The number of hydrogen-bond donors (Lipinski definition) is 1. The maximum Gasteiger partial charge on any atom is 0.322 e. The first-order chi connectivity index (χ1) is 8.45. The molecular formula is C15H22N2O. The Labute approximate surface area is 109 Å². The summed E-state index contributed by atoms with van der Waals surface area (Å²) in [5.41, 5.74) is 4.04. The molecule has 0 saturated carbocycles. The van der Waals surface area contributed by atoms with E-state index in [2.05, 4.69) is 11.9 Å². The minimum Gasteiger partial charge on any atom is -0.321 e. The second-order valence-electron chi connectivity index (χ2n) is 4.67. The van der Waals surface area contributed by atoms with E-state index < -0.39 is 0 Å². The molecule has 0 atom stereocenters. The van der Waals surface area contributed by atoms with Crippen LogP contribution in [0.1, 0.15) is 25.0 Å². The van der Waals surface area contributed by atoms with Crippen LogP contribution in [0.5, 0.6) is 0 Å². The number of aryl methyl sites for hydroxylation is 2. The molecule has 0 heterocycles. The lowest BCUT2D eigenvalue weighted by Crippen LogP contribution is -2.36. The van der Waals surface area contributed by atoms with Crippen molar-refractivity contribution >= 4 is 11.7 Å². The van der Waals surface area contributed by atoms with Gasteiger partial charge in [-0.3, -0.25) is 0 Å². The van der Waals surface area contributed by atoms with E-state index in [4.69, 9.17) is 0 Å². The fraction of sp³-hybridized carbons (Fsp3) is 0.400. The lowest BCUT2D eigenvalue weighted by Gasteiger charge is -2.22. The van der Waals surface area contributed by atoms with Crippen molar-refractivity contribution in [3.63, 3.8) is 0 Å². The molecule has 0 aliphatic carbocycles. The van der Waals surface area contributed by atoms with Crippen LogP contribution in [-0.2, 0) is 0 Å². The molecule has 1 N–H and O–H groups in total. The zero-order chi connectivity index (χ0) is 13.7. The fourth-order valence-corrected chi connectivity index (χ4v) is 1.85. The summed E-state index contributed by atoms with van der Waals surface area (Å²) in [4.78, 5) is 13.9. The molecule has 0 bridgehead atoms. The summed E-state index contributed by atoms with van der Waals surface area (Å²) in [6, 6.07) is 5.92. The van der Waals surface area contributed by atoms with Crippen LogP contribution < -0.4 is 5.32 Å². The zero-order valence-corrected chi connectivity index (χ0v) is 11.7. The van der Waals surface area contributed by atoms with Crippen molar-refractivity contribution in [2.75, 3.05) is 18.4 Å². The van der Waals surface area contributed by atoms with Gasteiger partial charge in [0.15, 0.2) is 0 Å². The third kappa shape index (κ3) is 3.62. The lowest BCUT2D eigenvalue weighted by atomic mass is 10.1. The predicted octanol–water partition coefficient (Wildman–Crippen LogP) is 3.73. The van der Waals surface area contributed by atoms with E-state index in [0.717, 1.165) is 22.4 Å². The molecule has 1 aromatic carbocycles. The van der Waals surface area contributed by atoms with Gasteiger partial charge in [-0.25, -0.2) is 4.79 Å². The average Bonchev–Trinajstić information content (AvgIpc) is 2.30. The van der Waals surface area contributed by atoms with Gasteiger partial charge in [-0.15, -0.1) is 0 Å². The Morgan fingerprint density at radius 2 is 1.89 bits per heavy atom. The summed E-state index contributed by atoms with van der Waals surface area (Å²) < 4.78 is 0. The maximum absolute atomic E-state index is 12.2. The Balaban J connectivity index is 2.83. The number of para-hydroxylation sites is 1. The van der Waals surface area contributed by atoms with Crippen LogP contribution in [0, 0.1) is 13.8 Å². The number of carbonyl (C=O) groups is 1. The first-order valence-electron chi connectivity index (χ1n) is 6.22. The molecule has 18 heavy (non-hydrogen) atoms. The molecule has 0 aliphatic rings. The van der Waals surface area contributed by atoms with E-state index in [-0.39, 0.29) is 6.03 Å². The second kappa shape index (κ2) is 6.24. The van der Waals surface area contributed by atoms with Gasteiger partial charge in [0.25, 0.3) is 0 Å². The summed E-state index contributed by atoms with van der Waals surface area (Å²) in [6.45, 7) is 13.0. The van der Waals surface area contributed by atoms with Crippen molar-refractivity contribution in [2.45, 2.75) is 27.7 Å². The molecule has 3 nitrogen and oxygen atoms in total. The standard InChI is InChI=1S/C15H22N2O/c1-6-17(10-11(2)3)15(18)16-14-12(4)8-7-9-13(14)5/h7-9H,2,6,10H2,1,3-5H3,(H,16,18). The molecule has 1 rings (SSSR count). The van der Waals surface area contributed by atoms with Crippen molar-refractivity contribution in [3.05, 3.63) is 41.5 Å². The van der Waals surface area contributed by atoms with Crippen LogP contribution in [-0.4, -0.2) is 24.0 Å². The Kier molecular flexibility index (Phi) is 4.95. The van der Waals surface area contributed by atoms with Gasteiger partial charge < -0.3 is 10.2 Å². The summed E-state index contributed by atoms with van der Waals surface area (Å²) >= 11 is 0. The van der Waals surface area contributed by atoms with Gasteiger partial charge in [0.1, 0.15) is 0 Å². The average molecular weight is 246 g/mol. The van der Waals surface area contributed by atoms with Gasteiger partial charge in [-0.05, 0) is 38.8 Å². The van der Waals surface area contributed by atoms with E-state index in [0.29, 0.717) is 13.1 Å². The van der Waals surface area contributed by atoms with Crippen molar-refractivity contribution < 1.29 is 4.79 Å². The third-order valence-electron chi connectivity index (χ3n) is 2.84. The number of nitrogens with zero attached hydrogens (tertiary/aromatic N) is 1. The van der Waals surface area contributed by atoms with Gasteiger partial charge in [-0.1, -0.05) is 30.4 Å². The Bertz CT molecular complexity index is 432. The molecule has 0 aliphatic heterocycles. The smallest absolute Gasteiger partial charge is 0.321 e. The highest BCUT2D eigenvalue weighted by Crippen LogP contribution is 2.19. The second-order valence-corrected chi connectivity index (χ2v) is 4.67. The molecule has 3 heteroatoms. The normalized spacial score (nSPS) is 10.0. The number of benzene rings is 1. The van der Waals surface area contributed by atoms with Crippen molar-refractivity contribution in [2.24, 2.45) is 0 Å². The van der Waals surface area contributed by atoms with E-state index in [1.54, 1.807) is 4.90 Å². The minimum absolute atomic E-state index is 0.0714. The number of anilines is 1. The number of likely N-dealkylation sites (N-methyl/N-ethyl adjacent to an activating group) is 1. The highest BCUT2D eigenvalue weighted by Gasteiger charge is 2.13. The highest BCUT2D eigenvalue weighted by atomic mass is 16.2. The molecule has 0 aromatic heterocycles. The van der Waals surface area contributed by atoms with Gasteiger partial charge in [0.05, 0.1) is 0 Å². The summed E-state index contributed by atoms with van der Waals surface area (Å²) in [5, 5.41) is 2.98. The fourth-order valence-electron chi connectivity index (χ4n) is 1.85. The lowest BCUT2D eigenvalue weighted by molar-refractivity contribution is 0.218. The number of rotatable bonds is 4. The van der Waals surface area contributed by atoms with Crippen LogP contribution in [0.3, 0.4) is 0 Å². The van der Waals surface area contributed by atoms with Crippen molar-refractivity contribution in [3.8, 4) is 0 Å². The predicted molar refractivity (Wildman–Crippen MR) is 77.0 cm³/mol. The summed E-state index contributed by atoms with van der Waals surface area (Å²) in [7, 11) is 0. The molecule has 0 fully saturated rings. The van der Waals surface area contributed by atoms with E-state index in [9.17, 15) is 4.79 Å². The summed E-state index contributed by atoms with van der Waals surface area (Å²) in [6.07, 6.45) is 0. The number of amides is 2. The van der Waals surface area contributed by atoms with Crippen LogP contribution in [0.4, 0.5) is 10.5 Å². The quantitative estimate of drug-likeness (QED) is 0.807. The minimum atomic E-state index is -0.0714.